The normalized spacial score (nSPS) is 19.9. The molecule has 2 atom stereocenters. The number of nitrogens with one attached hydrogen (secondary N) is 2. The first-order valence-corrected chi connectivity index (χ1v) is 11.9. The van der Waals surface area contributed by atoms with Gasteiger partial charge in [-0.3, -0.25) is 4.79 Å². The number of hydrogen-bond acceptors (Lipinski definition) is 6. The predicted octanol–water partition coefficient (Wildman–Crippen LogP) is 5.95. The van der Waals surface area contributed by atoms with Gasteiger partial charge in [-0.2, -0.15) is 13.2 Å². The van der Waals surface area contributed by atoms with Crippen molar-refractivity contribution in [1.29, 1.82) is 0 Å². The van der Waals surface area contributed by atoms with Gasteiger partial charge in [-0.05, 0) is 60.3 Å². The first kappa shape index (κ1) is 24.3. The number of nitrogens with zero attached hydrogens (tertiary/aromatic N) is 1. The van der Waals surface area contributed by atoms with Gasteiger partial charge in [0.05, 0.1) is 16.8 Å². The molecule has 1 fully saturated rings. The van der Waals surface area contributed by atoms with Crippen LogP contribution in [0.1, 0.15) is 34.2 Å². The number of thiophene rings is 1. The Labute approximate surface area is 207 Å². The zero-order chi connectivity index (χ0) is 25.4. The van der Waals surface area contributed by atoms with E-state index in [9.17, 15) is 22.4 Å². The highest BCUT2D eigenvalue weighted by Gasteiger charge is 2.37. The quantitative estimate of drug-likeness (QED) is 0.350. The van der Waals surface area contributed by atoms with E-state index in [1.165, 1.54) is 18.2 Å². The predicted molar refractivity (Wildman–Crippen MR) is 127 cm³/mol. The highest BCUT2D eigenvalue weighted by molar-refractivity contribution is 7.13. The van der Waals surface area contributed by atoms with E-state index in [1.54, 1.807) is 11.2 Å². The number of aliphatic carboxylic acids is 1. The van der Waals surface area contributed by atoms with Crippen LogP contribution in [-0.2, 0) is 15.8 Å². The number of benzene rings is 2. The number of anilines is 1. The summed E-state index contributed by atoms with van der Waals surface area (Å²) in [4.78, 5) is 15.9. The summed E-state index contributed by atoms with van der Waals surface area (Å²) >= 11 is 0.555. The SMILES string of the molecule is O=C(O)CC1CNC(c2ccc(N3C=C(c4cc(-c5ccc(F)cc5)c(C(F)(F)F)s4)ON3)cc2)C1. The van der Waals surface area contributed by atoms with Crippen molar-refractivity contribution in [3.63, 3.8) is 0 Å². The lowest BCUT2D eigenvalue weighted by Crippen LogP contribution is -2.27. The minimum Gasteiger partial charge on any atom is -0.481 e. The van der Waals surface area contributed by atoms with Crippen molar-refractivity contribution in [2.45, 2.75) is 25.1 Å². The Hall–Kier alpha value is -3.41. The highest BCUT2D eigenvalue weighted by Crippen LogP contribution is 2.45. The summed E-state index contributed by atoms with van der Waals surface area (Å²) in [6, 6.07) is 13.9. The molecule has 0 radical (unpaired) electrons. The van der Waals surface area contributed by atoms with Crippen molar-refractivity contribution < 1.29 is 32.3 Å². The second-order valence-corrected chi connectivity index (χ2v) is 9.72. The van der Waals surface area contributed by atoms with Crippen molar-refractivity contribution in [1.82, 2.24) is 10.9 Å². The van der Waals surface area contributed by atoms with E-state index < -0.39 is 22.8 Å². The molecule has 0 bridgehead atoms. The standard InChI is InChI=1S/C25H21F4N3O3S/c26-17-5-1-15(2-6-17)19-11-22(36-24(19)25(27,28)29)21-13-32(31-35-21)18-7-3-16(4-8-18)20-9-14(12-30-20)10-23(33)34/h1-8,11,13-14,20,30-31H,9-10,12H2,(H,33,34). The molecule has 2 aliphatic heterocycles. The van der Waals surface area contributed by atoms with Crippen LogP contribution >= 0.6 is 11.3 Å². The Morgan fingerprint density at radius 3 is 2.53 bits per heavy atom. The summed E-state index contributed by atoms with van der Waals surface area (Å²) in [7, 11) is 0. The Morgan fingerprint density at radius 2 is 1.86 bits per heavy atom. The average molecular weight is 520 g/mol. The van der Waals surface area contributed by atoms with Gasteiger partial charge in [0.2, 0.25) is 0 Å². The largest absolute Gasteiger partial charge is 0.481 e. The van der Waals surface area contributed by atoms with Gasteiger partial charge in [0.15, 0.2) is 5.76 Å². The Kier molecular flexibility index (Phi) is 6.45. The van der Waals surface area contributed by atoms with Crippen molar-refractivity contribution in [2.75, 3.05) is 11.6 Å². The lowest BCUT2D eigenvalue weighted by molar-refractivity contribution is -0.138. The molecule has 0 spiro atoms. The van der Waals surface area contributed by atoms with E-state index >= 15 is 0 Å². The third-order valence-corrected chi connectivity index (χ3v) is 7.34. The van der Waals surface area contributed by atoms with E-state index in [-0.39, 0.29) is 40.1 Å². The van der Waals surface area contributed by atoms with Gasteiger partial charge in [0, 0.05) is 18.0 Å². The summed E-state index contributed by atoms with van der Waals surface area (Å²) in [5.74, 6) is -1.03. The van der Waals surface area contributed by atoms with E-state index in [0.29, 0.717) is 23.6 Å². The van der Waals surface area contributed by atoms with Crippen LogP contribution in [0.25, 0.3) is 16.9 Å². The summed E-state index contributed by atoms with van der Waals surface area (Å²) in [5.41, 5.74) is 4.64. The van der Waals surface area contributed by atoms with Crippen LogP contribution in [0.3, 0.4) is 0 Å². The molecule has 3 heterocycles. The first-order valence-electron chi connectivity index (χ1n) is 11.1. The Morgan fingerprint density at radius 1 is 1.14 bits per heavy atom. The van der Waals surface area contributed by atoms with Gasteiger partial charge in [0.25, 0.3) is 0 Å². The molecular weight excluding hydrogens is 498 g/mol. The monoisotopic (exact) mass is 519 g/mol. The first-order chi connectivity index (χ1) is 17.2. The number of carbonyl (C=O) groups is 1. The molecule has 2 aliphatic rings. The molecule has 5 rings (SSSR count). The van der Waals surface area contributed by atoms with Gasteiger partial charge < -0.3 is 15.3 Å². The van der Waals surface area contributed by atoms with E-state index in [1.807, 2.05) is 24.3 Å². The molecule has 2 aromatic carbocycles. The lowest BCUT2D eigenvalue weighted by atomic mass is 9.97. The van der Waals surface area contributed by atoms with Gasteiger partial charge in [0.1, 0.15) is 10.7 Å². The van der Waals surface area contributed by atoms with Crippen molar-refractivity contribution in [3.05, 3.63) is 81.9 Å². The molecule has 188 valence electrons. The molecule has 3 N–H and O–H groups in total. The molecule has 6 nitrogen and oxygen atoms in total. The molecule has 1 saturated heterocycles. The third-order valence-electron chi connectivity index (χ3n) is 6.15. The smallest absolute Gasteiger partial charge is 0.426 e. The number of alkyl halides is 3. The molecule has 11 heteroatoms. The number of carboxylic acid groups (broad SMARTS) is 1. The fourth-order valence-electron chi connectivity index (χ4n) is 4.41. The number of hydrazine groups is 1. The van der Waals surface area contributed by atoms with Crippen molar-refractivity contribution in [2.24, 2.45) is 5.92 Å². The minimum atomic E-state index is -4.58. The number of hydrogen-bond donors (Lipinski definition) is 3. The maximum Gasteiger partial charge on any atom is 0.426 e. The second-order valence-electron chi connectivity index (χ2n) is 8.67. The number of rotatable bonds is 6. The van der Waals surface area contributed by atoms with Crippen LogP contribution in [0.15, 0.2) is 60.8 Å². The van der Waals surface area contributed by atoms with E-state index in [2.05, 4.69) is 10.9 Å². The van der Waals surface area contributed by atoms with Crippen LogP contribution < -0.4 is 15.9 Å². The Balaban J connectivity index is 1.34. The van der Waals surface area contributed by atoms with Gasteiger partial charge in [-0.1, -0.05) is 29.9 Å². The van der Waals surface area contributed by atoms with Crippen LogP contribution in [0.2, 0.25) is 0 Å². The van der Waals surface area contributed by atoms with E-state index in [0.717, 1.165) is 24.1 Å². The molecular formula is C25H21F4N3O3S. The molecule has 36 heavy (non-hydrogen) atoms. The molecule has 2 unspecified atom stereocenters. The summed E-state index contributed by atoms with van der Waals surface area (Å²) in [5, 5.41) is 13.9. The van der Waals surface area contributed by atoms with Crippen molar-refractivity contribution in [3.8, 4) is 11.1 Å². The van der Waals surface area contributed by atoms with Crippen LogP contribution in [0.5, 0.6) is 0 Å². The molecule has 0 aliphatic carbocycles. The summed E-state index contributed by atoms with van der Waals surface area (Å²) in [6.07, 6.45) is -2.15. The van der Waals surface area contributed by atoms with Crippen molar-refractivity contribution >= 4 is 28.8 Å². The topological polar surface area (TPSA) is 73.8 Å². The summed E-state index contributed by atoms with van der Waals surface area (Å²) in [6.45, 7) is 0.646. The van der Waals surface area contributed by atoms with Gasteiger partial charge in [-0.25, -0.2) is 9.40 Å². The Bertz CT molecular complexity index is 1290. The third kappa shape index (κ3) is 5.08. The van der Waals surface area contributed by atoms with E-state index in [4.69, 9.17) is 9.94 Å². The highest BCUT2D eigenvalue weighted by atomic mass is 32.1. The lowest BCUT2D eigenvalue weighted by Gasteiger charge is -2.16. The molecule has 0 amide bonds. The maximum absolute atomic E-state index is 13.7. The minimum absolute atomic E-state index is 0.0416. The number of carboxylic acids is 1. The average Bonchev–Trinajstić information content (AvgIpc) is 3.58. The van der Waals surface area contributed by atoms with Crippen LogP contribution in [0.4, 0.5) is 23.2 Å². The zero-order valence-electron chi connectivity index (χ0n) is 18.7. The van der Waals surface area contributed by atoms with Gasteiger partial charge in [-0.15, -0.1) is 11.3 Å². The molecule has 1 aromatic heterocycles. The molecule has 3 aromatic rings. The van der Waals surface area contributed by atoms with Crippen LogP contribution in [0, 0.1) is 11.7 Å². The summed E-state index contributed by atoms with van der Waals surface area (Å²) < 4.78 is 54.4. The fourth-order valence-corrected chi connectivity index (χ4v) is 5.40. The molecule has 0 saturated carbocycles. The van der Waals surface area contributed by atoms with Gasteiger partial charge >= 0.3 is 12.1 Å². The zero-order valence-corrected chi connectivity index (χ0v) is 19.5. The number of halogens is 4. The maximum atomic E-state index is 13.7. The van der Waals surface area contributed by atoms with Crippen LogP contribution in [-0.4, -0.2) is 17.6 Å². The second kappa shape index (κ2) is 9.57. The fraction of sp³-hybridized carbons (Fsp3) is 0.240.